The summed E-state index contributed by atoms with van der Waals surface area (Å²) in [4.78, 5) is 36.9. The molecule has 0 fully saturated rings. The highest BCUT2D eigenvalue weighted by Gasteiger charge is 2.30. The number of fused-ring (bicyclic) bond motifs is 3. The van der Waals surface area contributed by atoms with Crippen LogP contribution in [-0.4, -0.2) is 41.8 Å². The number of carboxylic acids is 1. The number of amides is 2. The van der Waals surface area contributed by atoms with Crippen LogP contribution in [0.5, 0.6) is 0 Å². The topological polar surface area (TPSA) is 105 Å². The van der Waals surface area contributed by atoms with Crippen molar-refractivity contribution >= 4 is 18.0 Å². The minimum atomic E-state index is -1.07. The summed E-state index contributed by atoms with van der Waals surface area (Å²) in [5, 5.41) is 14.9. The summed E-state index contributed by atoms with van der Waals surface area (Å²) in [5.74, 6) is -1.59. The fourth-order valence-corrected chi connectivity index (χ4v) is 4.51. The number of carbonyl (C=O) groups excluding carboxylic acids is 2. The van der Waals surface area contributed by atoms with Gasteiger partial charge < -0.3 is 20.5 Å². The van der Waals surface area contributed by atoms with Crippen LogP contribution in [0, 0.1) is 11.3 Å². The number of alkyl carbamates (subject to hydrolysis) is 1. The van der Waals surface area contributed by atoms with Crippen molar-refractivity contribution in [3.63, 3.8) is 0 Å². The summed E-state index contributed by atoms with van der Waals surface area (Å²) < 4.78 is 5.61. The predicted molar refractivity (Wildman–Crippen MR) is 135 cm³/mol. The Kier molecular flexibility index (Phi) is 8.20. The van der Waals surface area contributed by atoms with Crippen molar-refractivity contribution in [2.75, 3.05) is 6.61 Å². The molecule has 2 amide bonds. The lowest BCUT2D eigenvalue weighted by Crippen LogP contribution is -2.47. The lowest BCUT2D eigenvalue weighted by Gasteiger charge is -2.26. The van der Waals surface area contributed by atoms with E-state index in [2.05, 4.69) is 34.9 Å². The average Bonchev–Trinajstić information content (AvgIpc) is 3.09. The van der Waals surface area contributed by atoms with Gasteiger partial charge in [0.05, 0.1) is 0 Å². The van der Waals surface area contributed by atoms with Crippen molar-refractivity contribution in [2.45, 2.75) is 65.5 Å². The molecule has 3 rings (SSSR count). The van der Waals surface area contributed by atoms with Crippen molar-refractivity contribution < 1.29 is 24.2 Å². The second-order valence-corrected chi connectivity index (χ2v) is 10.7. The fraction of sp³-hybridized carbons (Fsp3) is 0.464. The van der Waals surface area contributed by atoms with Crippen LogP contribution in [0.15, 0.2) is 48.5 Å². The third-order valence-electron chi connectivity index (χ3n) is 6.31. The second kappa shape index (κ2) is 10.9. The third-order valence-corrected chi connectivity index (χ3v) is 6.31. The molecule has 0 saturated heterocycles. The first kappa shape index (κ1) is 26.3. The number of benzene rings is 2. The van der Waals surface area contributed by atoms with E-state index in [4.69, 9.17) is 4.74 Å². The van der Waals surface area contributed by atoms with E-state index in [0.29, 0.717) is 6.42 Å². The van der Waals surface area contributed by atoms with Crippen molar-refractivity contribution in [1.82, 2.24) is 10.6 Å². The molecular weight excluding hydrogens is 444 g/mol. The number of carboxylic acid groups (broad SMARTS) is 1. The van der Waals surface area contributed by atoms with Crippen LogP contribution in [0.4, 0.5) is 4.79 Å². The monoisotopic (exact) mass is 480 g/mol. The second-order valence-electron chi connectivity index (χ2n) is 10.7. The van der Waals surface area contributed by atoms with Crippen molar-refractivity contribution in [1.29, 1.82) is 0 Å². The van der Waals surface area contributed by atoms with Gasteiger partial charge in [-0.05, 0) is 40.0 Å². The average molecular weight is 481 g/mol. The van der Waals surface area contributed by atoms with Crippen molar-refractivity contribution in [2.24, 2.45) is 11.3 Å². The van der Waals surface area contributed by atoms with Gasteiger partial charge in [0.2, 0.25) is 5.91 Å². The molecular formula is C28H36N2O5. The van der Waals surface area contributed by atoms with Crippen LogP contribution < -0.4 is 10.6 Å². The normalized spacial score (nSPS) is 14.6. The van der Waals surface area contributed by atoms with E-state index < -0.39 is 30.1 Å². The molecule has 7 nitrogen and oxygen atoms in total. The van der Waals surface area contributed by atoms with Crippen LogP contribution in [-0.2, 0) is 14.3 Å². The van der Waals surface area contributed by atoms with Crippen LogP contribution >= 0.6 is 0 Å². The molecule has 7 heteroatoms. The maximum absolute atomic E-state index is 12.7. The van der Waals surface area contributed by atoms with Gasteiger partial charge in [-0.25, -0.2) is 9.59 Å². The van der Waals surface area contributed by atoms with E-state index >= 15 is 0 Å². The number of nitrogens with one attached hydrogen (secondary N) is 2. The molecule has 1 aliphatic carbocycles. The van der Waals surface area contributed by atoms with Crippen LogP contribution in [0.1, 0.15) is 64.5 Å². The van der Waals surface area contributed by atoms with Gasteiger partial charge in [-0.1, -0.05) is 83.1 Å². The number of carbonyl (C=O) groups is 3. The maximum Gasteiger partial charge on any atom is 0.407 e. The number of hydrogen-bond acceptors (Lipinski definition) is 4. The van der Waals surface area contributed by atoms with E-state index in [1.54, 1.807) is 0 Å². The highest BCUT2D eigenvalue weighted by molar-refractivity contribution is 5.84. The minimum absolute atomic E-state index is 0.0320. The first-order chi connectivity index (χ1) is 16.5. The summed E-state index contributed by atoms with van der Waals surface area (Å²) in [7, 11) is 0. The number of aliphatic carboxylic acids is 1. The Morgan fingerprint density at radius 2 is 1.49 bits per heavy atom. The maximum atomic E-state index is 12.7. The molecule has 1 aliphatic rings. The van der Waals surface area contributed by atoms with Gasteiger partial charge in [0.1, 0.15) is 12.6 Å². The van der Waals surface area contributed by atoms with Gasteiger partial charge in [-0.2, -0.15) is 0 Å². The first-order valence-electron chi connectivity index (χ1n) is 12.1. The molecule has 3 N–H and O–H groups in total. The molecule has 2 atom stereocenters. The van der Waals surface area contributed by atoms with E-state index in [0.717, 1.165) is 22.3 Å². The highest BCUT2D eigenvalue weighted by Crippen LogP contribution is 2.44. The highest BCUT2D eigenvalue weighted by atomic mass is 16.5. The lowest BCUT2D eigenvalue weighted by molar-refractivity contribution is -0.142. The van der Waals surface area contributed by atoms with Gasteiger partial charge in [0.15, 0.2) is 0 Å². The van der Waals surface area contributed by atoms with Crippen LogP contribution in [0.3, 0.4) is 0 Å². The van der Waals surface area contributed by atoms with Gasteiger partial charge >= 0.3 is 12.1 Å². The molecule has 0 spiro atoms. The van der Waals surface area contributed by atoms with E-state index in [-0.39, 0.29) is 30.3 Å². The smallest absolute Gasteiger partial charge is 0.407 e. The molecule has 0 aliphatic heterocycles. The Morgan fingerprint density at radius 1 is 0.943 bits per heavy atom. The summed E-state index contributed by atoms with van der Waals surface area (Å²) in [6.07, 6.45) is -0.321. The Balaban J connectivity index is 1.60. The van der Waals surface area contributed by atoms with Gasteiger partial charge in [-0.3, -0.25) is 4.79 Å². The predicted octanol–water partition coefficient (Wildman–Crippen LogP) is 4.95. The number of rotatable bonds is 9. The summed E-state index contributed by atoms with van der Waals surface area (Å²) in [6.45, 7) is 9.74. The summed E-state index contributed by atoms with van der Waals surface area (Å²) in [5.41, 5.74) is 4.29. The molecule has 1 unspecified atom stereocenters. The Bertz CT molecular complexity index is 1030. The SMILES string of the molecule is CC(C)[C@H](CC(=O)NC(CC(C)(C)C)C(=O)O)NC(=O)OCC1c2ccccc2-c2ccccc21. The summed E-state index contributed by atoms with van der Waals surface area (Å²) >= 11 is 0. The molecule has 0 bridgehead atoms. The summed E-state index contributed by atoms with van der Waals surface area (Å²) in [6, 6.07) is 14.7. The van der Waals surface area contributed by atoms with Gasteiger partial charge in [0.25, 0.3) is 0 Å². The Hall–Kier alpha value is -3.35. The van der Waals surface area contributed by atoms with Crippen molar-refractivity contribution in [3.8, 4) is 11.1 Å². The molecule has 0 heterocycles. The minimum Gasteiger partial charge on any atom is -0.480 e. The molecule has 0 radical (unpaired) electrons. The zero-order valence-electron chi connectivity index (χ0n) is 21.1. The third kappa shape index (κ3) is 6.84. The van der Waals surface area contributed by atoms with Crippen LogP contribution in [0.25, 0.3) is 11.1 Å². The zero-order chi connectivity index (χ0) is 25.8. The molecule has 35 heavy (non-hydrogen) atoms. The van der Waals surface area contributed by atoms with Crippen molar-refractivity contribution in [3.05, 3.63) is 59.7 Å². The lowest BCUT2D eigenvalue weighted by atomic mass is 9.88. The first-order valence-corrected chi connectivity index (χ1v) is 12.1. The number of ether oxygens (including phenoxy) is 1. The zero-order valence-corrected chi connectivity index (χ0v) is 21.1. The largest absolute Gasteiger partial charge is 0.480 e. The van der Waals surface area contributed by atoms with E-state index in [9.17, 15) is 19.5 Å². The molecule has 2 aromatic rings. The molecule has 188 valence electrons. The standard InChI is InChI=1S/C28H36N2O5/c1-17(2)23(14-25(31)29-24(26(32)33)15-28(3,4)5)30-27(34)35-16-22-20-12-8-6-10-18(20)19-11-7-9-13-21(19)22/h6-13,17,22-24H,14-16H2,1-5H3,(H,29,31)(H,30,34)(H,32,33)/t23-,24?/m0/s1. The van der Waals surface area contributed by atoms with E-state index in [1.165, 1.54) is 0 Å². The Morgan fingerprint density at radius 3 is 1.97 bits per heavy atom. The quantitative estimate of drug-likeness (QED) is 0.471. The fourth-order valence-electron chi connectivity index (χ4n) is 4.51. The molecule has 0 saturated carbocycles. The molecule has 2 aromatic carbocycles. The van der Waals surface area contributed by atoms with Gasteiger partial charge in [-0.15, -0.1) is 0 Å². The number of hydrogen-bond donors (Lipinski definition) is 3. The van der Waals surface area contributed by atoms with E-state index in [1.807, 2.05) is 58.9 Å². The Labute approximate surface area is 207 Å². The van der Waals surface area contributed by atoms with Crippen LogP contribution in [0.2, 0.25) is 0 Å². The molecule has 0 aromatic heterocycles. The van der Waals surface area contributed by atoms with Gasteiger partial charge in [0, 0.05) is 18.4 Å².